The molecule has 2 rings (SSSR count). The smallest absolute Gasteiger partial charge is 0.330 e. The van der Waals surface area contributed by atoms with Crippen molar-refractivity contribution in [1.29, 1.82) is 0 Å². The van der Waals surface area contributed by atoms with Crippen molar-refractivity contribution in [2.75, 3.05) is 19.5 Å². The minimum atomic E-state index is -0.373. The second kappa shape index (κ2) is 6.31. The van der Waals surface area contributed by atoms with Crippen LogP contribution in [0.2, 0.25) is 0 Å². The van der Waals surface area contributed by atoms with Crippen LogP contribution in [0, 0.1) is 13.8 Å². The predicted octanol–water partition coefficient (Wildman–Crippen LogP) is 2.78. The van der Waals surface area contributed by atoms with Crippen LogP contribution in [0.3, 0.4) is 0 Å². The van der Waals surface area contributed by atoms with E-state index in [1.54, 1.807) is 0 Å². The third-order valence-electron chi connectivity index (χ3n) is 3.48. The number of aromatic nitrogens is 3. The molecule has 2 aromatic rings. The number of nitrogens with zero attached hydrogens (tertiary/aromatic N) is 3. The third kappa shape index (κ3) is 2.89. The number of thiazole rings is 1. The van der Waals surface area contributed by atoms with Crippen LogP contribution in [-0.2, 0) is 16.6 Å². The van der Waals surface area contributed by atoms with Crippen LogP contribution in [0.4, 0.5) is 5.13 Å². The van der Waals surface area contributed by atoms with Gasteiger partial charge in [-0.25, -0.2) is 9.78 Å². The molecule has 0 spiro atoms. The Morgan fingerprint density at radius 1 is 1.41 bits per heavy atom. The van der Waals surface area contributed by atoms with Crippen molar-refractivity contribution in [3.8, 4) is 11.3 Å². The molecule has 0 aliphatic rings. The monoisotopic (exact) mass is 320 g/mol. The quantitative estimate of drug-likeness (QED) is 0.693. The summed E-state index contributed by atoms with van der Waals surface area (Å²) in [4.78, 5) is 17.1. The molecule has 0 saturated carbocycles. The number of anilines is 1. The van der Waals surface area contributed by atoms with E-state index in [9.17, 15) is 4.79 Å². The van der Waals surface area contributed by atoms with E-state index in [0.717, 1.165) is 38.2 Å². The van der Waals surface area contributed by atoms with E-state index in [1.807, 2.05) is 39.5 Å². The highest BCUT2D eigenvalue weighted by molar-refractivity contribution is 7.17. The van der Waals surface area contributed by atoms with Gasteiger partial charge in [-0.15, -0.1) is 0 Å². The molecule has 0 unspecified atom stereocenters. The van der Waals surface area contributed by atoms with E-state index >= 15 is 0 Å². The number of nitrogens with one attached hydrogen (secondary N) is 1. The fourth-order valence-electron chi connectivity index (χ4n) is 2.28. The third-order valence-corrected chi connectivity index (χ3v) is 4.69. The van der Waals surface area contributed by atoms with Gasteiger partial charge in [0, 0.05) is 31.4 Å². The van der Waals surface area contributed by atoms with Gasteiger partial charge in [-0.2, -0.15) is 5.10 Å². The normalized spacial score (nSPS) is 11.6. The van der Waals surface area contributed by atoms with Gasteiger partial charge in [-0.05, 0) is 26.3 Å². The van der Waals surface area contributed by atoms with Crippen molar-refractivity contribution < 1.29 is 9.53 Å². The first-order chi connectivity index (χ1) is 10.4. The number of hydrogen-bond acceptors (Lipinski definition) is 6. The summed E-state index contributed by atoms with van der Waals surface area (Å²) in [5.74, 6) is -0.373. The maximum atomic E-state index is 11.5. The van der Waals surface area contributed by atoms with E-state index in [2.05, 4.69) is 15.4 Å². The van der Waals surface area contributed by atoms with Gasteiger partial charge in [0.25, 0.3) is 0 Å². The van der Waals surface area contributed by atoms with Crippen molar-refractivity contribution in [2.24, 2.45) is 7.05 Å². The van der Waals surface area contributed by atoms with Crippen LogP contribution in [0.15, 0.2) is 6.08 Å². The number of esters is 1. The molecule has 0 amide bonds. The Hall–Kier alpha value is -2.15. The first-order valence-corrected chi connectivity index (χ1v) is 7.66. The fraction of sp³-hybridized carbons (Fsp3) is 0.400. The Labute approximate surface area is 133 Å². The summed E-state index contributed by atoms with van der Waals surface area (Å²) in [6.07, 6.45) is 1.48. The second-order valence-electron chi connectivity index (χ2n) is 4.97. The number of ether oxygens (including phenoxy) is 1. The molecular formula is C15H20N4O2S. The molecule has 0 aromatic carbocycles. The maximum Gasteiger partial charge on any atom is 0.330 e. The maximum absolute atomic E-state index is 11.5. The first kappa shape index (κ1) is 16.2. The molecule has 0 saturated heterocycles. The zero-order valence-corrected chi connectivity index (χ0v) is 14.5. The number of aryl methyl sites for hydroxylation is 2. The lowest BCUT2D eigenvalue weighted by Crippen LogP contribution is -1.96. The number of methoxy groups -OCH3 is 1. The Bertz CT molecular complexity index is 743. The van der Waals surface area contributed by atoms with Crippen molar-refractivity contribution >= 4 is 28.0 Å². The second-order valence-corrected chi connectivity index (χ2v) is 5.97. The van der Waals surface area contributed by atoms with Crippen LogP contribution >= 0.6 is 11.3 Å². The predicted molar refractivity (Wildman–Crippen MR) is 89.0 cm³/mol. The average molecular weight is 320 g/mol. The lowest BCUT2D eigenvalue weighted by Gasteiger charge is -2.03. The summed E-state index contributed by atoms with van der Waals surface area (Å²) < 4.78 is 6.55. The van der Waals surface area contributed by atoms with Gasteiger partial charge in [0.2, 0.25) is 0 Å². The van der Waals surface area contributed by atoms with E-state index in [4.69, 9.17) is 4.74 Å². The Kier molecular flexibility index (Phi) is 4.65. The van der Waals surface area contributed by atoms with Crippen molar-refractivity contribution in [3.63, 3.8) is 0 Å². The summed E-state index contributed by atoms with van der Waals surface area (Å²) in [5, 5.41) is 8.31. The highest BCUT2D eigenvalue weighted by Gasteiger charge is 2.21. The van der Waals surface area contributed by atoms with Crippen LogP contribution < -0.4 is 5.32 Å². The molecule has 6 nitrogen and oxygen atoms in total. The average Bonchev–Trinajstić information content (AvgIpc) is 3.00. The van der Waals surface area contributed by atoms with Crippen molar-refractivity contribution in [3.05, 3.63) is 22.3 Å². The molecule has 0 aliphatic carbocycles. The lowest BCUT2D eigenvalue weighted by molar-refractivity contribution is -0.134. The zero-order valence-electron chi connectivity index (χ0n) is 13.6. The number of carbonyl (C=O) groups is 1. The lowest BCUT2D eigenvalue weighted by atomic mass is 10.1. The largest absolute Gasteiger partial charge is 0.466 e. The summed E-state index contributed by atoms with van der Waals surface area (Å²) in [7, 11) is 5.11. The standard InChI is InChI=1S/C15H20N4O2S/c1-8(7-11(20)21-6)14-13(17-15(16-4)22-14)12-9(2)18-19(5)10(12)3/h7H,1-6H3,(H,16,17)/b8-7+. The van der Waals surface area contributed by atoms with Crippen LogP contribution in [0.5, 0.6) is 0 Å². The van der Waals surface area contributed by atoms with Gasteiger partial charge in [0.1, 0.15) is 0 Å². The van der Waals surface area contributed by atoms with E-state index < -0.39 is 0 Å². The van der Waals surface area contributed by atoms with Crippen LogP contribution in [0.1, 0.15) is 23.2 Å². The molecule has 1 N–H and O–H groups in total. The zero-order chi connectivity index (χ0) is 16.4. The molecule has 118 valence electrons. The minimum Gasteiger partial charge on any atom is -0.466 e. The molecule has 22 heavy (non-hydrogen) atoms. The van der Waals surface area contributed by atoms with Crippen LogP contribution in [0.25, 0.3) is 16.8 Å². The molecule has 7 heteroatoms. The molecule has 2 heterocycles. The number of hydrogen-bond donors (Lipinski definition) is 1. The van der Waals surface area contributed by atoms with E-state index in [1.165, 1.54) is 24.5 Å². The number of carbonyl (C=O) groups excluding carboxylic acids is 1. The molecule has 0 bridgehead atoms. The topological polar surface area (TPSA) is 69.0 Å². The molecule has 2 aromatic heterocycles. The van der Waals surface area contributed by atoms with Gasteiger partial charge in [-0.3, -0.25) is 4.68 Å². The van der Waals surface area contributed by atoms with E-state index in [0.29, 0.717) is 0 Å². The molecule has 0 aliphatic heterocycles. The Morgan fingerprint density at radius 2 is 2.09 bits per heavy atom. The van der Waals surface area contributed by atoms with Crippen molar-refractivity contribution in [2.45, 2.75) is 20.8 Å². The number of allylic oxidation sites excluding steroid dienone is 1. The summed E-state index contributed by atoms with van der Waals surface area (Å²) in [5.41, 5.74) is 4.63. The summed E-state index contributed by atoms with van der Waals surface area (Å²) >= 11 is 1.51. The molecular weight excluding hydrogens is 300 g/mol. The summed E-state index contributed by atoms with van der Waals surface area (Å²) in [6.45, 7) is 5.86. The van der Waals surface area contributed by atoms with Crippen LogP contribution in [-0.4, -0.2) is 34.9 Å². The van der Waals surface area contributed by atoms with Gasteiger partial charge < -0.3 is 10.1 Å². The first-order valence-electron chi connectivity index (χ1n) is 6.84. The fourth-order valence-corrected chi connectivity index (χ4v) is 3.18. The Balaban J connectivity index is 2.64. The molecule has 0 atom stereocenters. The summed E-state index contributed by atoms with van der Waals surface area (Å²) in [6, 6.07) is 0. The highest BCUT2D eigenvalue weighted by Crippen LogP contribution is 2.38. The van der Waals surface area contributed by atoms with Crippen molar-refractivity contribution in [1.82, 2.24) is 14.8 Å². The Morgan fingerprint density at radius 3 is 2.59 bits per heavy atom. The van der Waals surface area contributed by atoms with Gasteiger partial charge in [0.05, 0.1) is 23.4 Å². The SMILES string of the molecule is CNc1nc(-c2c(C)nn(C)c2C)c(/C(C)=C/C(=O)OC)s1. The minimum absolute atomic E-state index is 0.373. The van der Waals surface area contributed by atoms with Gasteiger partial charge >= 0.3 is 5.97 Å². The highest BCUT2D eigenvalue weighted by atomic mass is 32.1. The molecule has 0 fully saturated rings. The van der Waals surface area contributed by atoms with Gasteiger partial charge in [0.15, 0.2) is 5.13 Å². The number of rotatable bonds is 4. The molecule has 0 radical (unpaired) electrons. The van der Waals surface area contributed by atoms with E-state index in [-0.39, 0.29) is 5.97 Å². The van der Waals surface area contributed by atoms with Gasteiger partial charge in [-0.1, -0.05) is 11.3 Å².